The summed E-state index contributed by atoms with van der Waals surface area (Å²) in [5.74, 6) is 0. The molecule has 2 heteroatoms. The predicted octanol–water partition coefficient (Wildman–Crippen LogP) is 3.72. The molecule has 0 unspecified atom stereocenters. The van der Waals surface area contributed by atoms with Crippen molar-refractivity contribution in [2.45, 2.75) is 33.5 Å². The van der Waals surface area contributed by atoms with Crippen molar-refractivity contribution in [1.29, 1.82) is 0 Å². The molecule has 2 aromatic rings. The molecule has 0 heterocycles. The second kappa shape index (κ2) is 4.56. The first kappa shape index (κ1) is 13.8. The molecule has 0 saturated heterocycles. The van der Waals surface area contributed by atoms with Crippen LogP contribution in [0.2, 0.25) is 19.6 Å². The fourth-order valence-corrected chi connectivity index (χ4v) is 4.07. The smallest absolute Gasteiger partial charge is 0.0289 e. The van der Waals surface area contributed by atoms with E-state index in [9.17, 15) is 0 Å². The third-order valence-electron chi connectivity index (χ3n) is 3.13. The quantitative estimate of drug-likeness (QED) is 0.543. The average molecular weight is 263 g/mol. The van der Waals surface area contributed by atoms with Gasteiger partial charge in [-0.15, -0.1) is 34.2 Å². The molecule has 0 aromatic heterocycles. The molecule has 16 heavy (non-hydrogen) atoms. The van der Waals surface area contributed by atoms with Crippen LogP contribution in [0.3, 0.4) is 0 Å². The Morgan fingerprint density at radius 3 is 2.19 bits per heavy atom. The van der Waals surface area contributed by atoms with Crippen molar-refractivity contribution in [3.63, 3.8) is 0 Å². The molecule has 0 amide bonds. The van der Waals surface area contributed by atoms with Crippen LogP contribution in [0.4, 0.5) is 0 Å². The molecule has 84 valence electrons. The Kier molecular flexibility index (Phi) is 3.94. The SMILES string of the molecule is Cc1cccc2c1c(C)c[c-]2[Si](C)(C)C.[Ti]. The van der Waals surface area contributed by atoms with Gasteiger partial charge in [-0.05, 0) is 6.92 Å². The molecule has 0 fully saturated rings. The van der Waals surface area contributed by atoms with E-state index in [1.807, 2.05) is 0 Å². The van der Waals surface area contributed by atoms with E-state index >= 15 is 0 Å². The number of aryl methyl sites for hydroxylation is 2. The van der Waals surface area contributed by atoms with Crippen LogP contribution >= 0.6 is 0 Å². The monoisotopic (exact) mass is 263 g/mol. The van der Waals surface area contributed by atoms with Crippen molar-refractivity contribution in [1.82, 2.24) is 0 Å². The van der Waals surface area contributed by atoms with Crippen molar-refractivity contribution < 1.29 is 21.7 Å². The van der Waals surface area contributed by atoms with Crippen molar-refractivity contribution in [2.24, 2.45) is 0 Å². The first-order chi connectivity index (χ1) is 6.91. The fourth-order valence-electron chi connectivity index (χ4n) is 2.40. The van der Waals surface area contributed by atoms with Crippen LogP contribution in [0, 0.1) is 13.8 Å². The number of hydrogen-bond acceptors (Lipinski definition) is 0. The van der Waals surface area contributed by atoms with Gasteiger partial charge in [0.25, 0.3) is 0 Å². The Morgan fingerprint density at radius 1 is 1.00 bits per heavy atom. The molecule has 0 aliphatic carbocycles. The Labute approximate surface area is 114 Å². The summed E-state index contributed by atoms with van der Waals surface area (Å²) < 4.78 is 0. The van der Waals surface area contributed by atoms with E-state index in [-0.39, 0.29) is 21.7 Å². The Balaban J connectivity index is 0.00000128. The van der Waals surface area contributed by atoms with Gasteiger partial charge in [-0.2, -0.15) is 5.56 Å². The molecular weight excluding hydrogens is 244 g/mol. The molecule has 2 aromatic carbocycles. The van der Waals surface area contributed by atoms with Crippen LogP contribution in [0.1, 0.15) is 11.1 Å². The molecule has 0 aliphatic rings. The molecular formula is C14H19SiTi-. The van der Waals surface area contributed by atoms with E-state index in [0.717, 1.165) is 0 Å². The zero-order valence-corrected chi connectivity index (χ0v) is 13.4. The topological polar surface area (TPSA) is 0 Å². The summed E-state index contributed by atoms with van der Waals surface area (Å²) in [6, 6.07) is 9.08. The van der Waals surface area contributed by atoms with Gasteiger partial charge in [-0.25, -0.2) is 0 Å². The van der Waals surface area contributed by atoms with Gasteiger partial charge < -0.3 is 0 Å². The third-order valence-corrected chi connectivity index (χ3v) is 5.16. The number of benzene rings is 1. The first-order valence-corrected chi connectivity index (χ1v) is 9.07. The number of hydrogen-bond donors (Lipinski definition) is 0. The second-order valence-electron chi connectivity index (χ2n) is 5.49. The van der Waals surface area contributed by atoms with E-state index in [1.165, 1.54) is 21.9 Å². The van der Waals surface area contributed by atoms with E-state index in [4.69, 9.17) is 0 Å². The van der Waals surface area contributed by atoms with Crippen LogP contribution in [-0.4, -0.2) is 8.07 Å². The van der Waals surface area contributed by atoms with Crippen LogP contribution in [0.5, 0.6) is 0 Å². The van der Waals surface area contributed by atoms with E-state index in [2.05, 4.69) is 57.8 Å². The van der Waals surface area contributed by atoms with Crippen LogP contribution in [-0.2, 0) is 21.7 Å². The Hall–Kier alpha value is -0.239. The van der Waals surface area contributed by atoms with E-state index in [0.29, 0.717) is 0 Å². The average Bonchev–Trinajstić information content (AvgIpc) is 2.44. The maximum Gasteiger partial charge on any atom is 0.0289 e. The summed E-state index contributed by atoms with van der Waals surface area (Å²) in [6.07, 6.45) is 0. The normalized spacial score (nSPS) is 11.6. The molecule has 0 aliphatic heterocycles. The largest absolute Gasteiger partial charge is 0.156 e. The standard InChI is InChI=1S/C14H19Si.Ti/c1-10-7-6-8-12-13(15(3,4)5)9-11(2)14(10)12;/h6-9H,1-5H3;/q-1;. The number of fused-ring (bicyclic) bond motifs is 1. The Bertz CT molecular complexity index is 503. The molecule has 0 nitrogen and oxygen atoms in total. The van der Waals surface area contributed by atoms with Crippen molar-refractivity contribution in [3.05, 3.63) is 35.4 Å². The van der Waals surface area contributed by atoms with Gasteiger partial charge in [0, 0.05) is 29.8 Å². The maximum atomic E-state index is 2.42. The fraction of sp³-hybridized carbons (Fsp3) is 0.357. The summed E-state index contributed by atoms with van der Waals surface area (Å²) in [7, 11) is -1.20. The summed E-state index contributed by atoms with van der Waals surface area (Å²) in [5, 5.41) is 4.58. The minimum absolute atomic E-state index is 0. The Morgan fingerprint density at radius 2 is 1.62 bits per heavy atom. The molecule has 0 atom stereocenters. The predicted molar refractivity (Wildman–Crippen MR) is 72.0 cm³/mol. The minimum Gasteiger partial charge on any atom is -0.156 e. The van der Waals surface area contributed by atoms with Crippen LogP contribution in [0.25, 0.3) is 10.8 Å². The first-order valence-electron chi connectivity index (χ1n) is 5.57. The van der Waals surface area contributed by atoms with Crippen molar-refractivity contribution >= 4 is 24.0 Å². The zero-order valence-electron chi connectivity index (χ0n) is 10.8. The molecule has 0 saturated carbocycles. The van der Waals surface area contributed by atoms with Crippen LogP contribution in [0.15, 0.2) is 24.3 Å². The van der Waals surface area contributed by atoms with Gasteiger partial charge in [0.1, 0.15) is 0 Å². The third kappa shape index (κ3) is 2.22. The van der Waals surface area contributed by atoms with Gasteiger partial charge in [-0.3, -0.25) is 0 Å². The van der Waals surface area contributed by atoms with Gasteiger partial charge in [0.15, 0.2) is 0 Å². The molecule has 0 N–H and O–H groups in total. The summed E-state index contributed by atoms with van der Waals surface area (Å²) in [5.41, 5.74) is 2.86. The molecule has 2 rings (SSSR count). The summed E-state index contributed by atoms with van der Waals surface area (Å²) in [4.78, 5) is 0. The second-order valence-corrected chi connectivity index (χ2v) is 10.5. The van der Waals surface area contributed by atoms with Gasteiger partial charge in [0.2, 0.25) is 0 Å². The number of rotatable bonds is 1. The molecule has 0 bridgehead atoms. The molecule has 0 radical (unpaired) electrons. The summed E-state index contributed by atoms with van der Waals surface area (Å²) >= 11 is 0. The van der Waals surface area contributed by atoms with Gasteiger partial charge in [0.05, 0.1) is 0 Å². The maximum absolute atomic E-state index is 2.42. The van der Waals surface area contributed by atoms with E-state index < -0.39 is 8.07 Å². The van der Waals surface area contributed by atoms with Crippen molar-refractivity contribution in [3.8, 4) is 0 Å². The summed E-state index contributed by atoms with van der Waals surface area (Å²) in [6.45, 7) is 11.7. The van der Waals surface area contributed by atoms with Crippen molar-refractivity contribution in [2.75, 3.05) is 0 Å². The van der Waals surface area contributed by atoms with Gasteiger partial charge >= 0.3 is 0 Å². The van der Waals surface area contributed by atoms with Crippen LogP contribution < -0.4 is 5.19 Å². The van der Waals surface area contributed by atoms with Gasteiger partial charge in [-0.1, -0.05) is 38.2 Å². The zero-order chi connectivity index (χ0) is 11.2. The van der Waals surface area contributed by atoms with E-state index in [1.54, 1.807) is 5.19 Å². The molecule has 0 spiro atoms. The minimum atomic E-state index is -1.20.